The Balaban J connectivity index is 2.22. The van der Waals surface area contributed by atoms with Crippen LogP contribution in [-0.2, 0) is 0 Å². The lowest BCUT2D eigenvalue weighted by Crippen LogP contribution is -2.40. The van der Waals surface area contributed by atoms with Crippen LogP contribution in [0.4, 0.5) is 4.39 Å². The topological polar surface area (TPSA) is 38.0 Å². The summed E-state index contributed by atoms with van der Waals surface area (Å²) in [5, 5.41) is 1.51. The smallest absolute Gasteiger partial charge is 0.128 e. The maximum atomic E-state index is 14.0. The lowest BCUT2D eigenvalue weighted by atomic mass is 10.0. The summed E-state index contributed by atoms with van der Waals surface area (Å²) in [5.74, 6) is 6.52. The van der Waals surface area contributed by atoms with Gasteiger partial charge < -0.3 is 0 Å². The number of rotatable bonds is 3. The highest BCUT2D eigenvalue weighted by atomic mass is 32.2. The predicted molar refractivity (Wildman–Crippen MR) is 84.0 cm³/mol. The van der Waals surface area contributed by atoms with E-state index in [-0.39, 0.29) is 11.9 Å². The minimum Gasteiger partial charge on any atom is -0.271 e. The highest BCUT2D eigenvalue weighted by Gasteiger charge is 2.32. The Kier molecular flexibility index (Phi) is 5.17. The van der Waals surface area contributed by atoms with Gasteiger partial charge in [-0.15, -0.1) is 0 Å². The van der Waals surface area contributed by atoms with Gasteiger partial charge in [0.1, 0.15) is 5.82 Å². The second-order valence-electron chi connectivity index (χ2n) is 5.09. The molecule has 2 rings (SSSR count). The summed E-state index contributed by atoms with van der Waals surface area (Å²) < 4.78 is 14.0. The maximum Gasteiger partial charge on any atom is 0.128 e. The summed E-state index contributed by atoms with van der Waals surface area (Å²) >= 11 is 3.85. The van der Waals surface area contributed by atoms with Crippen molar-refractivity contribution in [2.24, 2.45) is 5.84 Å². The molecule has 0 bridgehead atoms. The Labute approximate surface area is 123 Å². The molecule has 5 heteroatoms. The first kappa shape index (κ1) is 15.2. The van der Waals surface area contributed by atoms with Gasteiger partial charge >= 0.3 is 0 Å². The van der Waals surface area contributed by atoms with E-state index in [1.807, 2.05) is 36.5 Å². The van der Waals surface area contributed by atoms with Crippen molar-refractivity contribution in [3.8, 4) is 0 Å². The number of hydrogen-bond acceptors (Lipinski definition) is 4. The molecule has 19 heavy (non-hydrogen) atoms. The largest absolute Gasteiger partial charge is 0.271 e. The fourth-order valence-corrected chi connectivity index (χ4v) is 5.37. The third-order valence-electron chi connectivity index (χ3n) is 3.61. The molecule has 1 aromatic carbocycles. The summed E-state index contributed by atoms with van der Waals surface area (Å²) in [5.41, 5.74) is 4.56. The Morgan fingerprint density at radius 2 is 2.11 bits per heavy atom. The van der Waals surface area contributed by atoms with E-state index in [1.54, 1.807) is 6.07 Å². The normalized spacial score (nSPS) is 29.2. The Hall–Kier alpha value is -0.230. The van der Waals surface area contributed by atoms with Crippen LogP contribution in [0.2, 0.25) is 0 Å². The number of hydrogen-bond donors (Lipinski definition) is 2. The van der Waals surface area contributed by atoms with Gasteiger partial charge in [-0.3, -0.25) is 11.3 Å². The van der Waals surface area contributed by atoms with Crippen LogP contribution in [0.3, 0.4) is 0 Å². The number of hydrazine groups is 1. The SMILES string of the molecule is Cc1ccc(F)c(C(NN)C2CSC(C)C(C)S2)c1. The molecule has 0 saturated carbocycles. The van der Waals surface area contributed by atoms with Crippen molar-refractivity contribution < 1.29 is 4.39 Å². The van der Waals surface area contributed by atoms with Crippen molar-refractivity contribution in [1.29, 1.82) is 0 Å². The van der Waals surface area contributed by atoms with Crippen LogP contribution in [0.15, 0.2) is 18.2 Å². The minimum atomic E-state index is -0.176. The number of halogens is 1. The van der Waals surface area contributed by atoms with Gasteiger partial charge in [0.15, 0.2) is 0 Å². The van der Waals surface area contributed by atoms with Crippen LogP contribution in [0, 0.1) is 12.7 Å². The van der Waals surface area contributed by atoms with Crippen LogP contribution in [0.1, 0.15) is 31.0 Å². The minimum absolute atomic E-state index is 0.132. The summed E-state index contributed by atoms with van der Waals surface area (Å²) in [6.07, 6.45) is 0. The standard InChI is InChI=1S/C14H21FN2S2/c1-8-4-5-12(15)11(6-8)14(17-16)13-7-18-9(2)10(3)19-13/h4-6,9-10,13-14,17H,7,16H2,1-3H3. The summed E-state index contributed by atoms with van der Waals surface area (Å²) in [7, 11) is 0. The van der Waals surface area contributed by atoms with Crippen molar-refractivity contribution in [3.05, 3.63) is 35.1 Å². The van der Waals surface area contributed by atoms with E-state index in [1.165, 1.54) is 6.07 Å². The Morgan fingerprint density at radius 1 is 1.37 bits per heavy atom. The second kappa shape index (κ2) is 6.48. The first-order valence-electron chi connectivity index (χ1n) is 6.52. The fourth-order valence-electron chi connectivity index (χ4n) is 2.28. The van der Waals surface area contributed by atoms with E-state index in [0.29, 0.717) is 21.3 Å². The molecule has 1 heterocycles. The average Bonchev–Trinajstić information content (AvgIpc) is 2.38. The number of aryl methyl sites for hydroxylation is 1. The van der Waals surface area contributed by atoms with E-state index in [9.17, 15) is 4.39 Å². The molecule has 0 aromatic heterocycles. The zero-order valence-corrected chi connectivity index (χ0v) is 13.2. The number of nitrogens with one attached hydrogen (secondary N) is 1. The van der Waals surface area contributed by atoms with Gasteiger partial charge in [0.25, 0.3) is 0 Å². The van der Waals surface area contributed by atoms with Crippen LogP contribution >= 0.6 is 23.5 Å². The van der Waals surface area contributed by atoms with Gasteiger partial charge in [0, 0.05) is 27.1 Å². The molecule has 1 aliphatic heterocycles. The molecule has 4 unspecified atom stereocenters. The second-order valence-corrected chi connectivity index (χ2v) is 8.12. The monoisotopic (exact) mass is 300 g/mol. The summed E-state index contributed by atoms with van der Waals surface area (Å²) in [4.78, 5) is 0. The Bertz CT molecular complexity index is 441. The zero-order chi connectivity index (χ0) is 14.0. The van der Waals surface area contributed by atoms with Crippen LogP contribution in [0.5, 0.6) is 0 Å². The molecule has 0 aliphatic carbocycles. The molecule has 1 aliphatic rings. The highest BCUT2D eigenvalue weighted by molar-refractivity contribution is 8.07. The molecule has 0 spiro atoms. The summed E-state index contributed by atoms with van der Waals surface area (Å²) in [6.45, 7) is 6.45. The predicted octanol–water partition coefficient (Wildman–Crippen LogP) is 3.26. The molecule has 0 amide bonds. The molecule has 4 atom stereocenters. The van der Waals surface area contributed by atoms with Crippen LogP contribution in [-0.4, -0.2) is 21.5 Å². The average molecular weight is 300 g/mol. The molecular formula is C14H21FN2S2. The van der Waals surface area contributed by atoms with E-state index in [4.69, 9.17) is 5.84 Å². The quantitative estimate of drug-likeness (QED) is 0.664. The van der Waals surface area contributed by atoms with E-state index < -0.39 is 0 Å². The number of nitrogens with two attached hydrogens (primary N) is 1. The lowest BCUT2D eigenvalue weighted by molar-refractivity contribution is 0.509. The van der Waals surface area contributed by atoms with Gasteiger partial charge in [-0.25, -0.2) is 4.39 Å². The van der Waals surface area contributed by atoms with Gasteiger partial charge in [0.2, 0.25) is 0 Å². The zero-order valence-electron chi connectivity index (χ0n) is 11.5. The maximum absolute atomic E-state index is 14.0. The van der Waals surface area contributed by atoms with Crippen molar-refractivity contribution in [2.45, 2.75) is 42.6 Å². The Morgan fingerprint density at radius 3 is 2.74 bits per heavy atom. The van der Waals surface area contributed by atoms with E-state index in [2.05, 4.69) is 19.3 Å². The first-order valence-corrected chi connectivity index (χ1v) is 8.51. The molecule has 1 aromatic rings. The summed E-state index contributed by atoms with van der Waals surface area (Å²) in [6, 6.07) is 5.09. The molecule has 1 saturated heterocycles. The van der Waals surface area contributed by atoms with Gasteiger partial charge in [0.05, 0.1) is 6.04 Å². The third-order valence-corrected chi connectivity index (χ3v) is 7.11. The van der Waals surface area contributed by atoms with E-state index in [0.717, 1.165) is 11.3 Å². The van der Waals surface area contributed by atoms with Crippen LogP contribution in [0.25, 0.3) is 0 Å². The fraction of sp³-hybridized carbons (Fsp3) is 0.571. The van der Waals surface area contributed by atoms with E-state index >= 15 is 0 Å². The van der Waals surface area contributed by atoms with Crippen molar-refractivity contribution in [2.75, 3.05) is 5.75 Å². The van der Waals surface area contributed by atoms with Crippen molar-refractivity contribution >= 4 is 23.5 Å². The molecule has 106 valence electrons. The number of benzene rings is 1. The molecule has 1 fully saturated rings. The van der Waals surface area contributed by atoms with Crippen molar-refractivity contribution in [3.63, 3.8) is 0 Å². The molecular weight excluding hydrogens is 279 g/mol. The van der Waals surface area contributed by atoms with Crippen molar-refractivity contribution in [1.82, 2.24) is 5.43 Å². The third kappa shape index (κ3) is 3.45. The van der Waals surface area contributed by atoms with Gasteiger partial charge in [-0.1, -0.05) is 31.5 Å². The first-order chi connectivity index (χ1) is 9.02. The van der Waals surface area contributed by atoms with Crippen LogP contribution < -0.4 is 11.3 Å². The van der Waals surface area contributed by atoms with Gasteiger partial charge in [-0.2, -0.15) is 23.5 Å². The highest BCUT2D eigenvalue weighted by Crippen LogP contribution is 2.41. The lowest BCUT2D eigenvalue weighted by Gasteiger charge is -2.36. The molecule has 3 N–H and O–H groups in total. The molecule has 2 nitrogen and oxygen atoms in total. The number of thioether (sulfide) groups is 2. The van der Waals surface area contributed by atoms with Gasteiger partial charge in [-0.05, 0) is 13.0 Å². The molecule has 0 radical (unpaired) electrons.